The summed E-state index contributed by atoms with van der Waals surface area (Å²) in [7, 11) is 0. The summed E-state index contributed by atoms with van der Waals surface area (Å²) in [6.45, 7) is 4.72. The molecular formula is C23H24F3N3OS. The molecule has 0 spiro atoms. The molecule has 0 radical (unpaired) electrons. The average molecular weight is 448 g/mol. The van der Waals surface area contributed by atoms with Gasteiger partial charge in [0.05, 0.1) is 16.9 Å². The maximum atomic E-state index is 13.4. The maximum Gasteiger partial charge on any atom is 0.416 e. The van der Waals surface area contributed by atoms with Crippen LogP contribution in [0.15, 0.2) is 52.3 Å². The molecule has 5 rings (SSSR count). The standard InChI is InChI=1S/C23H24F3N3OS/c24-23(25,26)16-7-8-21-19(14-16)29(18-5-1-2-6-20(18)31-21)22(30)9-11-27-12-13-28-10-3-4-17(28)15-27/h1-2,5-8,14,17H,3-4,9-13,15H2. The van der Waals surface area contributed by atoms with E-state index in [2.05, 4.69) is 9.80 Å². The first kappa shape index (κ1) is 20.8. The smallest absolute Gasteiger partial charge is 0.300 e. The molecule has 3 aliphatic heterocycles. The van der Waals surface area contributed by atoms with Crippen LogP contribution in [0.25, 0.3) is 0 Å². The number of halogens is 3. The van der Waals surface area contributed by atoms with Gasteiger partial charge in [-0.05, 0) is 49.7 Å². The van der Waals surface area contributed by atoms with Crippen molar-refractivity contribution in [2.45, 2.75) is 41.3 Å². The average Bonchev–Trinajstić information content (AvgIpc) is 3.22. The second-order valence-corrected chi connectivity index (χ2v) is 9.45. The molecule has 0 N–H and O–H groups in total. The van der Waals surface area contributed by atoms with Crippen LogP contribution in [0, 0.1) is 0 Å². The van der Waals surface area contributed by atoms with E-state index in [0.717, 1.165) is 43.2 Å². The zero-order chi connectivity index (χ0) is 21.6. The predicted octanol–water partition coefficient (Wildman–Crippen LogP) is 5.00. The highest BCUT2D eigenvalue weighted by atomic mass is 32.2. The van der Waals surface area contributed by atoms with Gasteiger partial charge < -0.3 is 0 Å². The number of hydrogen-bond donors (Lipinski definition) is 0. The number of nitrogens with zero attached hydrogens (tertiary/aromatic N) is 3. The van der Waals surface area contributed by atoms with Crippen molar-refractivity contribution in [3.05, 3.63) is 48.0 Å². The number of piperazine rings is 1. The molecule has 0 saturated carbocycles. The normalized spacial score (nSPS) is 21.5. The number of fused-ring (bicyclic) bond motifs is 3. The Hall–Kier alpha value is -2.03. The Morgan fingerprint density at radius 3 is 2.68 bits per heavy atom. The van der Waals surface area contributed by atoms with Gasteiger partial charge in [0, 0.05) is 48.4 Å². The van der Waals surface area contributed by atoms with Crippen LogP contribution in [0.2, 0.25) is 0 Å². The van der Waals surface area contributed by atoms with Gasteiger partial charge in [-0.25, -0.2) is 0 Å². The summed E-state index contributed by atoms with van der Waals surface area (Å²) in [5.74, 6) is -0.165. The van der Waals surface area contributed by atoms with E-state index in [0.29, 0.717) is 28.9 Å². The van der Waals surface area contributed by atoms with Gasteiger partial charge in [0.25, 0.3) is 0 Å². The second kappa shape index (κ2) is 8.15. The van der Waals surface area contributed by atoms with Gasteiger partial charge in [-0.2, -0.15) is 13.2 Å². The molecule has 164 valence electrons. The molecule has 1 unspecified atom stereocenters. The van der Waals surface area contributed by atoms with Crippen molar-refractivity contribution in [3.8, 4) is 0 Å². The van der Waals surface area contributed by atoms with Crippen molar-refractivity contribution >= 4 is 29.0 Å². The Labute approximate surface area is 184 Å². The highest BCUT2D eigenvalue weighted by Gasteiger charge is 2.35. The van der Waals surface area contributed by atoms with Crippen molar-refractivity contribution in [1.82, 2.24) is 9.80 Å². The van der Waals surface area contributed by atoms with E-state index in [1.165, 1.54) is 35.6 Å². The number of hydrogen-bond acceptors (Lipinski definition) is 4. The highest BCUT2D eigenvalue weighted by molar-refractivity contribution is 7.99. The van der Waals surface area contributed by atoms with Crippen LogP contribution in [0.1, 0.15) is 24.8 Å². The van der Waals surface area contributed by atoms with Crippen LogP contribution in [0.5, 0.6) is 0 Å². The Bertz CT molecular complexity index is 996. The first-order valence-electron chi connectivity index (χ1n) is 10.7. The molecule has 3 aliphatic rings. The third-order valence-corrected chi connectivity index (χ3v) is 7.55. The molecule has 31 heavy (non-hydrogen) atoms. The summed E-state index contributed by atoms with van der Waals surface area (Å²) >= 11 is 1.40. The summed E-state index contributed by atoms with van der Waals surface area (Å²) in [5, 5.41) is 0. The number of amides is 1. The largest absolute Gasteiger partial charge is 0.416 e. The van der Waals surface area contributed by atoms with Gasteiger partial charge in [-0.15, -0.1) is 0 Å². The summed E-state index contributed by atoms with van der Waals surface area (Å²) in [6, 6.07) is 11.6. The van der Waals surface area contributed by atoms with Crippen molar-refractivity contribution in [2.24, 2.45) is 0 Å². The lowest BCUT2D eigenvalue weighted by atomic mass is 10.1. The zero-order valence-corrected chi connectivity index (χ0v) is 17.9. The lowest BCUT2D eigenvalue weighted by Crippen LogP contribution is -2.50. The molecule has 2 aromatic rings. The van der Waals surface area contributed by atoms with E-state index in [1.54, 1.807) is 6.07 Å². The third-order valence-electron chi connectivity index (χ3n) is 6.42. The third kappa shape index (κ3) is 4.08. The van der Waals surface area contributed by atoms with E-state index < -0.39 is 11.7 Å². The highest BCUT2D eigenvalue weighted by Crippen LogP contribution is 2.49. The van der Waals surface area contributed by atoms with Gasteiger partial charge in [0.1, 0.15) is 0 Å². The minimum Gasteiger partial charge on any atom is -0.300 e. The molecule has 0 aliphatic carbocycles. The first-order valence-corrected chi connectivity index (χ1v) is 11.5. The predicted molar refractivity (Wildman–Crippen MR) is 115 cm³/mol. The van der Waals surface area contributed by atoms with Crippen LogP contribution < -0.4 is 4.90 Å². The quantitative estimate of drug-likeness (QED) is 0.661. The Kier molecular flexibility index (Phi) is 5.48. The van der Waals surface area contributed by atoms with E-state index in [9.17, 15) is 18.0 Å². The maximum absolute atomic E-state index is 13.4. The van der Waals surface area contributed by atoms with Crippen LogP contribution >= 0.6 is 11.8 Å². The number of rotatable bonds is 3. The van der Waals surface area contributed by atoms with E-state index in [1.807, 2.05) is 18.2 Å². The lowest BCUT2D eigenvalue weighted by Gasteiger charge is -2.38. The number of anilines is 2. The first-order chi connectivity index (χ1) is 14.9. The van der Waals surface area contributed by atoms with Crippen molar-refractivity contribution in [1.29, 1.82) is 0 Å². The molecule has 2 aromatic carbocycles. The second-order valence-electron chi connectivity index (χ2n) is 8.36. The number of benzene rings is 2. The van der Waals surface area contributed by atoms with Crippen LogP contribution in [0.4, 0.5) is 24.5 Å². The van der Waals surface area contributed by atoms with Gasteiger partial charge in [0.15, 0.2) is 0 Å². The van der Waals surface area contributed by atoms with Gasteiger partial charge in [-0.1, -0.05) is 23.9 Å². The zero-order valence-electron chi connectivity index (χ0n) is 17.1. The molecule has 3 heterocycles. The molecule has 0 bridgehead atoms. The summed E-state index contributed by atoms with van der Waals surface area (Å²) in [6.07, 6.45) is -1.74. The molecule has 8 heteroatoms. The van der Waals surface area contributed by atoms with Crippen LogP contribution in [0.3, 0.4) is 0 Å². The minimum absolute atomic E-state index is 0.165. The fraction of sp³-hybridized carbons (Fsp3) is 0.435. The molecule has 1 atom stereocenters. The van der Waals surface area contributed by atoms with Crippen molar-refractivity contribution in [2.75, 3.05) is 37.6 Å². The SMILES string of the molecule is O=C(CCN1CCN2CCCC2C1)N1c2ccccc2Sc2ccc(C(F)(F)F)cc21. The van der Waals surface area contributed by atoms with Crippen LogP contribution in [-0.4, -0.2) is 54.5 Å². The molecule has 1 amide bonds. The van der Waals surface area contributed by atoms with Gasteiger partial charge in [-0.3, -0.25) is 19.5 Å². The number of para-hydroxylation sites is 1. The van der Waals surface area contributed by atoms with E-state index >= 15 is 0 Å². The molecular weight excluding hydrogens is 423 g/mol. The van der Waals surface area contributed by atoms with E-state index in [4.69, 9.17) is 0 Å². The summed E-state index contributed by atoms with van der Waals surface area (Å²) < 4.78 is 40.1. The lowest BCUT2D eigenvalue weighted by molar-refractivity contribution is -0.137. The van der Waals surface area contributed by atoms with E-state index in [-0.39, 0.29) is 12.3 Å². The topological polar surface area (TPSA) is 26.8 Å². The summed E-state index contributed by atoms with van der Waals surface area (Å²) in [4.78, 5) is 21.2. The van der Waals surface area contributed by atoms with Crippen molar-refractivity contribution < 1.29 is 18.0 Å². The number of carbonyl (C=O) groups is 1. The fourth-order valence-electron chi connectivity index (χ4n) is 4.82. The minimum atomic E-state index is -4.45. The fourth-order valence-corrected chi connectivity index (χ4v) is 5.86. The van der Waals surface area contributed by atoms with Crippen molar-refractivity contribution in [3.63, 3.8) is 0 Å². The van der Waals surface area contributed by atoms with Gasteiger partial charge >= 0.3 is 6.18 Å². The molecule has 0 aromatic heterocycles. The van der Waals surface area contributed by atoms with Gasteiger partial charge in [0.2, 0.25) is 5.91 Å². The Morgan fingerprint density at radius 1 is 1.03 bits per heavy atom. The Morgan fingerprint density at radius 2 is 1.84 bits per heavy atom. The monoisotopic (exact) mass is 447 g/mol. The summed E-state index contributed by atoms with van der Waals surface area (Å²) in [5.41, 5.74) is 0.246. The molecule has 4 nitrogen and oxygen atoms in total. The Balaban J connectivity index is 1.39. The molecule has 2 fully saturated rings. The number of carbonyl (C=O) groups excluding carboxylic acids is 1. The van der Waals surface area contributed by atoms with Crippen LogP contribution in [-0.2, 0) is 11.0 Å². The number of alkyl halides is 3. The molecule has 2 saturated heterocycles.